The van der Waals surface area contributed by atoms with Crippen LogP contribution in [0.2, 0.25) is 0 Å². The first-order valence-electron chi connectivity index (χ1n) is 4.04. The quantitative estimate of drug-likeness (QED) is 0.654. The van der Waals surface area contributed by atoms with Gasteiger partial charge in [0, 0.05) is 0 Å². The van der Waals surface area contributed by atoms with Gasteiger partial charge in [-0.15, -0.1) is 0 Å². The van der Waals surface area contributed by atoms with Gasteiger partial charge in [-0.1, -0.05) is 36.4 Å². The molecule has 0 aliphatic heterocycles. The lowest BCUT2D eigenvalue weighted by Gasteiger charge is -2.02. The van der Waals surface area contributed by atoms with E-state index >= 15 is 0 Å². The van der Waals surface area contributed by atoms with Gasteiger partial charge in [-0.2, -0.15) is 0 Å². The first-order chi connectivity index (χ1) is 6.27. The lowest BCUT2D eigenvalue weighted by Crippen LogP contribution is -1.81. The van der Waals surface area contributed by atoms with E-state index < -0.39 is 5.08 Å². The van der Waals surface area contributed by atoms with E-state index in [4.69, 9.17) is 0 Å². The molecule has 0 aliphatic rings. The number of rotatable bonds is 1. The van der Waals surface area contributed by atoms with Crippen LogP contribution in [0.5, 0.6) is 0 Å². The molecule has 0 N–H and O–H groups in total. The molecule has 0 bridgehead atoms. The molecule has 2 aromatic rings. The highest BCUT2D eigenvalue weighted by Crippen LogP contribution is 2.26. The van der Waals surface area contributed by atoms with Gasteiger partial charge in [0.25, 0.3) is 0 Å². The van der Waals surface area contributed by atoms with Gasteiger partial charge >= 0.3 is 0 Å². The SMILES string of the molecule is FC(Br)c1ccc2ccccc2c1. The molecule has 0 saturated heterocycles. The highest BCUT2D eigenvalue weighted by Gasteiger charge is 2.04. The molecule has 0 spiro atoms. The van der Waals surface area contributed by atoms with Crippen molar-refractivity contribution in [3.05, 3.63) is 48.0 Å². The number of alkyl halides is 2. The maximum Gasteiger partial charge on any atom is 0.180 e. The van der Waals surface area contributed by atoms with Crippen LogP contribution in [0.15, 0.2) is 42.5 Å². The van der Waals surface area contributed by atoms with Crippen LogP contribution in [-0.4, -0.2) is 0 Å². The second kappa shape index (κ2) is 3.46. The van der Waals surface area contributed by atoms with Crippen LogP contribution in [0.4, 0.5) is 4.39 Å². The van der Waals surface area contributed by atoms with Crippen molar-refractivity contribution in [1.29, 1.82) is 0 Å². The fraction of sp³-hybridized carbons (Fsp3) is 0.0909. The predicted molar refractivity (Wildman–Crippen MR) is 56.7 cm³/mol. The normalized spacial score (nSPS) is 13.1. The van der Waals surface area contributed by atoms with Gasteiger partial charge in [-0.25, -0.2) is 4.39 Å². The van der Waals surface area contributed by atoms with E-state index in [1.807, 2.05) is 36.4 Å². The van der Waals surface area contributed by atoms with E-state index in [1.54, 1.807) is 6.07 Å². The van der Waals surface area contributed by atoms with Gasteiger partial charge in [0.05, 0.1) is 0 Å². The largest absolute Gasteiger partial charge is 0.230 e. The second-order valence-corrected chi connectivity index (χ2v) is 3.71. The van der Waals surface area contributed by atoms with Crippen molar-refractivity contribution in [1.82, 2.24) is 0 Å². The smallest absolute Gasteiger partial charge is 0.180 e. The van der Waals surface area contributed by atoms with Gasteiger partial charge < -0.3 is 0 Å². The Morgan fingerprint density at radius 1 is 1.00 bits per heavy atom. The highest BCUT2D eigenvalue weighted by molar-refractivity contribution is 9.09. The van der Waals surface area contributed by atoms with Crippen molar-refractivity contribution in [2.75, 3.05) is 0 Å². The third-order valence-corrected chi connectivity index (χ3v) is 2.55. The maximum absolute atomic E-state index is 12.9. The monoisotopic (exact) mass is 238 g/mol. The van der Waals surface area contributed by atoms with Gasteiger partial charge in [0.2, 0.25) is 0 Å². The van der Waals surface area contributed by atoms with Crippen LogP contribution in [-0.2, 0) is 0 Å². The van der Waals surface area contributed by atoms with Gasteiger partial charge in [-0.3, -0.25) is 0 Å². The van der Waals surface area contributed by atoms with Crippen LogP contribution in [0.3, 0.4) is 0 Å². The topological polar surface area (TPSA) is 0 Å². The minimum absolute atomic E-state index is 0.665. The summed E-state index contributed by atoms with van der Waals surface area (Å²) in [6, 6.07) is 13.5. The van der Waals surface area contributed by atoms with Crippen LogP contribution in [0, 0.1) is 0 Å². The van der Waals surface area contributed by atoms with Crippen molar-refractivity contribution in [3.63, 3.8) is 0 Å². The lowest BCUT2D eigenvalue weighted by molar-refractivity contribution is 0.479. The molecule has 0 heterocycles. The van der Waals surface area contributed by atoms with Crippen molar-refractivity contribution in [2.45, 2.75) is 5.08 Å². The van der Waals surface area contributed by atoms with Crippen molar-refractivity contribution in [2.24, 2.45) is 0 Å². The zero-order chi connectivity index (χ0) is 9.26. The molecule has 0 aliphatic carbocycles. The molecule has 0 saturated carbocycles. The Labute approximate surface area is 84.5 Å². The summed E-state index contributed by atoms with van der Waals surface area (Å²) in [5, 5.41) is 1.14. The number of benzene rings is 2. The molecule has 2 rings (SSSR count). The molecule has 1 atom stereocenters. The summed E-state index contributed by atoms with van der Waals surface area (Å²) >= 11 is 2.90. The summed E-state index contributed by atoms with van der Waals surface area (Å²) in [5.41, 5.74) is 0.665. The molecule has 2 aromatic carbocycles. The van der Waals surface area contributed by atoms with E-state index in [2.05, 4.69) is 15.9 Å². The molecule has 66 valence electrons. The molecular formula is C11H8BrF. The van der Waals surface area contributed by atoms with Crippen LogP contribution in [0.25, 0.3) is 10.8 Å². The minimum Gasteiger partial charge on any atom is -0.230 e. The highest BCUT2D eigenvalue weighted by atomic mass is 79.9. The first-order valence-corrected chi connectivity index (χ1v) is 4.96. The van der Waals surface area contributed by atoms with Gasteiger partial charge in [0.15, 0.2) is 5.08 Å². The summed E-state index contributed by atoms with van der Waals surface area (Å²) in [5.74, 6) is 0. The number of fused-ring (bicyclic) bond motifs is 1. The van der Waals surface area contributed by atoms with Gasteiger partial charge in [0.1, 0.15) is 0 Å². The molecule has 1 unspecified atom stereocenters. The Morgan fingerprint density at radius 3 is 2.38 bits per heavy atom. The molecule has 0 aromatic heterocycles. The van der Waals surface area contributed by atoms with E-state index in [1.165, 1.54) is 0 Å². The van der Waals surface area contributed by atoms with E-state index in [9.17, 15) is 4.39 Å². The fourth-order valence-corrected chi connectivity index (χ4v) is 1.63. The lowest BCUT2D eigenvalue weighted by atomic mass is 10.1. The second-order valence-electron chi connectivity index (χ2n) is 2.91. The molecule has 2 heteroatoms. The Kier molecular flexibility index (Phi) is 2.32. The third-order valence-electron chi connectivity index (χ3n) is 2.03. The summed E-state index contributed by atoms with van der Waals surface area (Å²) in [6.07, 6.45) is 0. The zero-order valence-electron chi connectivity index (χ0n) is 6.87. The zero-order valence-corrected chi connectivity index (χ0v) is 8.46. The molecule has 0 nitrogen and oxygen atoms in total. The van der Waals surface area contributed by atoms with E-state index in [-0.39, 0.29) is 0 Å². The average molecular weight is 239 g/mol. The third kappa shape index (κ3) is 1.73. The summed E-state index contributed by atoms with van der Waals surface area (Å²) in [6.45, 7) is 0. The summed E-state index contributed by atoms with van der Waals surface area (Å²) < 4.78 is 12.9. The van der Waals surface area contributed by atoms with Crippen LogP contribution in [0.1, 0.15) is 10.6 Å². The van der Waals surface area contributed by atoms with Crippen molar-refractivity contribution < 1.29 is 4.39 Å². The fourth-order valence-electron chi connectivity index (χ4n) is 1.34. The molecule has 13 heavy (non-hydrogen) atoms. The number of halogens is 2. The minimum atomic E-state index is -1.07. The Balaban J connectivity index is 2.62. The Hall–Kier alpha value is -0.890. The van der Waals surface area contributed by atoms with Crippen LogP contribution >= 0.6 is 15.9 Å². The van der Waals surface area contributed by atoms with Crippen molar-refractivity contribution >= 4 is 26.7 Å². The number of hydrogen-bond acceptors (Lipinski definition) is 0. The standard InChI is InChI=1S/C11H8BrF/c12-11(13)10-6-5-8-3-1-2-4-9(8)7-10/h1-7,11H. The summed E-state index contributed by atoms with van der Waals surface area (Å²) in [4.78, 5) is 0. The summed E-state index contributed by atoms with van der Waals surface area (Å²) in [7, 11) is 0. The van der Waals surface area contributed by atoms with Crippen molar-refractivity contribution in [3.8, 4) is 0 Å². The molecule has 0 fully saturated rings. The average Bonchev–Trinajstić information content (AvgIpc) is 2.17. The van der Waals surface area contributed by atoms with E-state index in [0.717, 1.165) is 10.8 Å². The molecular weight excluding hydrogens is 231 g/mol. The Morgan fingerprint density at radius 2 is 1.69 bits per heavy atom. The molecule has 0 radical (unpaired) electrons. The number of hydrogen-bond donors (Lipinski definition) is 0. The molecule has 0 amide bonds. The van der Waals surface area contributed by atoms with Crippen LogP contribution < -0.4 is 0 Å². The predicted octanol–water partition coefficient (Wildman–Crippen LogP) is 4.20. The first kappa shape index (κ1) is 8.70. The van der Waals surface area contributed by atoms with Gasteiger partial charge in [-0.05, 0) is 38.3 Å². The van der Waals surface area contributed by atoms with E-state index in [0.29, 0.717) is 5.56 Å². The Bertz CT molecular complexity index is 423. The maximum atomic E-state index is 12.9.